The Balaban J connectivity index is 1.25. The van der Waals surface area contributed by atoms with E-state index in [0.717, 1.165) is 44.0 Å². The molecule has 1 aromatic heterocycles. The van der Waals surface area contributed by atoms with Crippen LogP contribution in [-0.2, 0) is 4.79 Å². The Hall–Kier alpha value is -3.15. The van der Waals surface area contributed by atoms with Crippen LogP contribution in [0.2, 0.25) is 0 Å². The van der Waals surface area contributed by atoms with E-state index in [1.807, 2.05) is 41.3 Å². The topological polar surface area (TPSA) is 54.5 Å². The van der Waals surface area contributed by atoms with Gasteiger partial charge in [-0.15, -0.1) is 0 Å². The van der Waals surface area contributed by atoms with Crippen LogP contribution in [0.5, 0.6) is 0 Å². The standard InChI is InChI=1S/C26H29N3O2/c30-25(21-27-26(24-14-8-20-31-24)23-12-5-2-6-13-23)29-18-16-28(17-19-29)15-7-11-22-9-3-1-4-10-22/h1-14,20,26-27H,15-19,21H2/p+2/b11-7+/t26-/m1/s1. The van der Waals surface area contributed by atoms with Gasteiger partial charge in [0, 0.05) is 5.56 Å². The molecule has 5 heteroatoms. The molecule has 0 bridgehead atoms. The first kappa shape index (κ1) is 21.1. The molecule has 3 N–H and O–H groups in total. The molecule has 0 unspecified atom stereocenters. The maximum atomic E-state index is 12.8. The third kappa shape index (κ3) is 5.94. The molecule has 1 aliphatic rings. The third-order valence-corrected chi connectivity index (χ3v) is 5.88. The average Bonchev–Trinajstić information content (AvgIpc) is 3.36. The van der Waals surface area contributed by atoms with E-state index in [1.165, 1.54) is 10.5 Å². The second-order valence-corrected chi connectivity index (χ2v) is 7.99. The molecule has 1 saturated heterocycles. The highest BCUT2D eigenvalue weighted by Crippen LogP contribution is 2.18. The summed E-state index contributed by atoms with van der Waals surface area (Å²) >= 11 is 0. The fourth-order valence-electron chi connectivity index (χ4n) is 4.10. The number of piperazine rings is 1. The summed E-state index contributed by atoms with van der Waals surface area (Å²) in [5.41, 5.74) is 2.38. The summed E-state index contributed by atoms with van der Waals surface area (Å²) < 4.78 is 5.65. The van der Waals surface area contributed by atoms with Gasteiger partial charge in [0.25, 0.3) is 5.91 Å². The Kier molecular flexibility index (Phi) is 7.32. The summed E-state index contributed by atoms with van der Waals surface area (Å²) in [4.78, 5) is 16.4. The lowest BCUT2D eigenvalue weighted by molar-refractivity contribution is -0.898. The molecule has 31 heavy (non-hydrogen) atoms. The third-order valence-electron chi connectivity index (χ3n) is 5.88. The molecule has 0 aliphatic carbocycles. The number of nitrogens with one attached hydrogen (secondary N) is 1. The van der Waals surface area contributed by atoms with Gasteiger partial charge in [-0.05, 0) is 23.8 Å². The molecule has 2 aromatic carbocycles. The number of furan rings is 1. The number of carbonyl (C=O) groups is 1. The number of nitrogens with two attached hydrogens (primary N) is 1. The molecular formula is C26H31N3O2+2. The molecule has 0 spiro atoms. The number of hydrogen-bond acceptors (Lipinski definition) is 2. The number of hydrogen-bond donors (Lipinski definition) is 2. The molecule has 1 aliphatic heterocycles. The minimum Gasteiger partial charge on any atom is -0.463 e. The Morgan fingerprint density at radius 3 is 2.39 bits per heavy atom. The van der Waals surface area contributed by atoms with Gasteiger partial charge in [-0.25, -0.2) is 0 Å². The smallest absolute Gasteiger partial charge is 0.278 e. The minimum absolute atomic E-state index is 0.00446. The highest BCUT2D eigenvalue weighted by molar-refractivity contribution is 5.77. The van der Waals surface area contributed by atoms with Crippen LogP contribution in [0.25, 0.3) is 6.08 Å². The highest BCUT2D eigenvalue weighted by Gasteiger charge is 2.26. The van der Waals surface area contributed by atoms with Crippen molar-refractivity contribution in [2.75, 3.05) is 39.3 Å². The molecular weight excluding hydrogens is 386 g/mol. The quantitative estimate of drug-likeness (QED) is 0.582. The molecule has 2 heterocycles. The number of nitrogens with zero attached hydrogens (tertiary/aromatic N) is 1. The van der Waals surface area contributed by atoms with Crippen LogP contribution in [0.1, 0.15) is 22.9 Å². The SMILES string of the molecule is O=C(C[NH2+][C@H](c1ccccc1)c1ccco1)N1CC[NH+](C/C=C/c2ccccc2)CC1. The molecule has 4 rings (SSSR count). The van der Waals surface area contributed by atoms with Gasteiger partial charge < -0.3 is 19.5 Å². The zero-order valence-electron chi connectivity index (χ0n) is 17.8. The lowest BCUT2D eigenvalue weighted by Crippen LogP contribution is -3.14. The van der Waals surface area contributed by atoms with Crippen molar-refractivity contribution in [2.24, 2.45) is 0 Å². The zero-order chi connectivity index (χ0) is 21.3. The van der Waals surface area contributed by atoms with Gasteiger partial charge in [-0.1, -0.05) is 66.7 Å². The first-order valence-electron chi connectivity index (χ1n) is 11.0. The van der Waals surface area contributed by atoms with Crippen LogP contribution in [-0.4, -0.2) is 50.1 Å². The minimum atomic E-state index is -0.00446. The molecule has 0 saturated carbocycles. The van der Waals surface area contributed by atoms with Gasteiger partial charge in [0.2, 0.25) is 0 Å². The Labute approximate surface area is 184 Å². The Morgan fingerprint density at radius 2 is 1.71 bits per heavy atom. The Bertz CT molecular complexity index is 947. The number of amides is 1. The van der Waals surface area contributed by atoms with E-state index >= 15 is 0 Å². The number of quaternary nitrogens is 2. The van der Waals surface area contributed by atoms with Gasteiger partial charge in [0.1, 0.15) is 0 Å². The van der Waals surface area contributed by atoms with Gasteiger partial charge in [0.15, 0.2) is 18.3 Å². The van der Waals surface area contributed by atoms with Crippen LogP contribution >= 0.6 is 0 Å². The average molecular weight is 418 g/mol. The first-order valence-corrected chi connectivity index (χ1v) is 11.0. The summed E-state index contributed by atoms with van der Waals surface area (Å²) in [6.07, 6.45) is 6.11. The molecule has 0 radical (unpaired) electrons. The molecule has 5 nitrogen and oxygen atoms in total. The van der Waals surface area contributed by atoms with E-state index in [-0.39, 0.29) is 11.9 Å². The predicted molar refractivity (Wildman–Crippen MR) is 121 cm³/mol. The van der Waals surface area contributed by atoms with Crippen LogP contribution in [0, 0.1) is 0 Å². The second kappa shape index (κ2) is 10.8. The fraction of sp³-hybridized carbons (Fsp3) is 0.269. The van der Waals surface area contributed by atoms with E-state index in [1.54, 1.807) is 6.26 Å². The van der Waals surface area contributed by atoms with E-state index in [2.05, 4.69) is 53.9 Å². The predicted octanol–water partition coefficient (Wildman–Crippen LogP) is 1.37. The van der Waals surface area contributed by atoms with E-state index in [4.69, 9.17) is 4.42 Å². The maximum absolute atomic E-state index is 12.8. The summed E-state index contributed by atoms with van der Waals surface area (Å²) in [6, 6.07) is 24.5. The van der Waals surface area contributed by atoms with Crippen LogP contribution in [0.4, 0.5) is 0 Å². The molecule has 1 fully saturated rings. The number of benzene rings is 2. The lowest BCUT2D eigenvalue weighted by Gasteiger charge is -2.31. The van der Waals surface area contributed by atoms with Crippen LogP contribution < -0.4 is 10.2 Å². The lowest BCUT2D eigenvalue weighted by atomic mass is 10.0. The Morgan fingerprint density at radius 1 is 1.00 bits per heavy atom. The van der Waals surface area contributed by atoms with Gasteiger partial charge in [0.05, 0.1) is 39.0 Å². The summed E-state index contributed by atoms with van der Waals surface area (Å²) in [6.45, 7) is 5.04. The molecule has 3 aromatic rings. The van der Waals surface area contributed by atoms with E-state index in [0.29, 0.717) is 6.54 Å². The summed E-state index contributed by atoms with van der Waals surface area (Å²) in [5.74, 6) is 1.07. The van der Waals surface area contributed by atoms with Crippen molar-refractivity contribution in [3.05, 3.63) is 102 Å². The number of rotatable bonds is 8. The zero-order valence-corrected chi connectivity index (χ0v) is 17.8. The van der Waals surface area contributed by atoms with E-state index < -0.39 is 0 Å². The van der Waals surface area contributed by atoms with Crippen molar-refractivity contribution in [1.29, 1.82) is 0 Å². The fourth-order valence-corrected chi connectivity index (χ4v) is 4.10. The largest absolute Gasteiger partial charge is 0.463 e. The van der Waals surface area contributed by atoms with Gasteiger partial charge >= 0.3 is 0 Å². The molecule has 160 valence electrons. The summed E-state index contributed by atoms with van der Waals surface area (Å²) in [7, 11) is 0. The van der Waals surface area contributed by atoms with Gasteiger partial charge in [-0.3, -0.25) is 4.79 Å². The molecule has 1 atom stereocenters. The maximum Gasteiger partial charge on any atom is 0.278 e. The number of carbonyl (C=O) groups excluding carboxylic acids is 1. The van der Waals surface area contributed by atoms with Crippen molar-refractivity contribution >= 4 is 12.0 Å². The van der Waals surface area contributed by atoms with E-state index in [9.17, 15) is 4.79 Å². The van der Waals surface area contributed by atoms with Crippen LogP contribution in [0.3, 0.4) is 0 Å². The van der Waals surface area contributed by atoms with Crippen molar-refractivity contribution in [2.45, 2.75) is 6.04 Å². The highest BCUT2D eigenvalue weighted by atomic mass is 16.3. The van der Waals surface area contributed by atoms with Crippen molar-refractivity contribution in [3.8, 4) is 0 Å². The van der Waals surface area contributed by atoms with Crippen LogP contribution in [0.15, 0.2) is 89.6 Å². The van der Waals surface area contributed by atoms with Crippen molar-refractivity contribution < 1.29 is 19.4 Å². The monoisotopic (exact) mass is 417 g/mol. The molecule has 1 amide bonds. The second-order valence-electron chi connectivity index (χ2n) is 7.99. The summed E-state index contributed by atoms with van der Waals surface area (Å²) in [5, 5.41) is 2.08. The normalized spacial score (nSPS) is 15.9. The van der Waals surface area contributed by atoms with Crippen molar-refractivity contribution in [1.82, 2.24) is 4.90 Å². The van der Waals surface area contributed by atoms with Gasteiger partial charge in [-0.2, -0.15) is 0 Å². The first-order chi connectivity index (χ1) is 15.3. The van der Waals surface area contributed by atoms with Crippen molar-refractivity contribution in [3.63, 3.8) is 0 Å².